The van der Waals surface area contributed by atoms with Gasteiger partial charge in [0.15, 0.2) is 5.84 Å². The van der Waals surface area contributed by atoms with Gasteiger partial charge in [-0.25, -0.2) is 9.98 Å². The van der Waals surface area contributed by atoms with Crippen molar-refractivity contribution in [2.24, 2.45) is 9.98 Å². The average molecular weight is 642 g/mol. The SMILES string of the molecule is c1ccc(C2=NC(c3cccc(-c4ccccc4)c3)=NC(n3c4ccccc4c4ccc5c6ccccc6n(-c6ccccc6)c5c43)N2)cc1. The number of nitrogens with zero attached hydrogens (tertiary/aromatic N) is 4. The van der Waals surface area contributed by atoms with Gasteiger partial charge in [0.1, 0.15) is 5.84 Å². The fourth-order valence-electron chi connectivity index (χ4n) is 7.54. The molecule has 236 valence electrons. The van der Waals surface area contributed by atoms with E-state index in [0.29, 0.717) is 5.84 Å². The van der Waals surface area contributed by atoms with Crippen LogP contribution in [0, 0.1) is 0 Å². The summed E-state index contributed by atoms with van der Waals surface area (Å²) in [6.07, 6.45) is -0.478. The summed E-state index contributed by atoms with van der Waals surface area (Å²) in [5, 5.41) is 8.56. The summed E-state index contributed by atoms with van der Waals surface area (Å²) in [6.45, 7) is 0. The first-order valence-electron chi connectivity index (χ1n) is 17.0. The predicted molar refractivity (Wildman–Crippen MR) is 207 cm³/mol. The molecule has 1 N–H and O–H groups in total. The largest absolute Gasteiger partial charge is 0.331 e. The van der Waals surface area contributed by atoms with Crippen LogP contribution < -0.4 is 5.32 Å². The molecule has 9 aromatic rings. The summed E-state index contributed by atoms with van der Waals surface area (Å²) in [5.74, 6) is 1.47. The predicted octanol–water partition coefficient (Wildman–Crippen LogP) is 10.5. The molecule has 3 heterocycles. The van der Waals surface area contributed by atoms with Gasteiger partial charge in [0.2, 0.25) is 6.29 Å². The van der Waals surface area contributed by atoms with Crippen molar-refractivity contribution in [1.82, 2.24) is 14.5 Å². The fourth-order valence-corrected chi connectivity index (χ4v) is 7.54. The lowest BCUT2D eigenvalue weighted by Crippen LogP contribution is -2.36. The molecular formula is C45H31N5. The summed E-state index contributed by atoms with van der Waals surface area (Å²) in [6, 6.07) is 61.9. The summed E-state index contributed by atoms with van der Waals surface area (Å²) in [4.78, 5) is 10.6. The number of hydrogen-bond donors (Lipinski definition) is 1. The van der Waals surface area contributed by atoms with Crippen LogP contribution >= 0.6 is 0 Å². The zero-order chi connectivity index (χ0) is 33.0. The van der Waals surface area contributed by atoms with Crippen molar-refractivity contribution in [2.45, 2.75) is 6.29 Å². The minimum atomic E-state index is -0.478. The minimum absolute atomic E-state index is 0.478. The molecule has 1 atom stereocenters. The summed E-state index contributed by atoms with van der Waals surface area (Å²) in [5.41, 5.74) is 9.93. The number of aliphatic imine (C=N–C) groups is 2. The lowest BCUT2D eigenvalue weighted by atomic mass is 10.0. The van der Waals surface area contributed by atoms with Crippen LogP contribution in [-0.4, -0.2) is 20.8 Å². The molecule has 5 heteroatoms. The van der Waals surface area contributed by atoms with Crippen molar-refractivity contribution in [3.63, 3.8) is 0 Å². The Balaban J connectivity index is 1.28. The van der Waals surface area contributed by atoms with E-state index in [1.807, 2.05) is 12.1 Å². The van der Waals surface area contributed by atoms with Crippen LogP contribution in [0.1, 0.15) is 17.4 Å². The minimum Gasteiger partial charge on any atom is -0.331 e. The highest BCUT2D eigenvalue weighted by Gasteiger charge is 2.27. The summed E-state index contributed by atoms with van der Waals surface area (Å²) < 4.78 is 4.79. The van der Waals surface area contributed by atoms with Gasteiger partial charge >= 0.3 is 0 Å². The van der Waals surface area contributed by atoms with Gasteiger partial charge in [0, 0.05) is 38.4 Å². The number of amidine groups is 2. The van der Waals surface area contributed by atoms with Crippen LogP contribution in [0.5, 0.6) is 0 Å². The Morgan fingerprint density at radius 3 is 1.74 bits per heavy atom. The van der Waals surface area contributed by atoms with Gasteiger partial charge in [-0.15, -0.1) is 0 Å². The number of nitrogens with one attached hydrogen (secondary N) is 1. The van der Waals surface area contributed by atoms with Crippen LogP contribution in [0.3, 0.4) is 0 Å². The van der Waals surface area contributed by atoms with E-state index < -0.39 is 6.29 Å². The van der Waals surface area contributed by atoms with Gasteiger partial charge in [-0.2, -0.15) is 0 Å². The Bertz CT molecular complexity index is 2770. The van der Waals surface area contributed by atoms with Gasteiger partial charge in [-0.3, -0.25) is 4.57 Å². The molecule has 2 aromatic heterocycles. The van der Waals surface area contributed by atoms with Crippen molar-refractivity contribution in [3.8, 4) is 16.8 Å². The van der Waals surface area contributed by atoms with Gasteiger partial charge < -0.3 is 9.88 Å². The van der Waals surface area contributed by atoms with Crippen LogP contribution in [-0.2, 0) is 0 Å². The zero-order valence-electron chi connectivity index (χ0n) is 27.1. The highest BCUT2D eigenvalue weighted by atomic mass is 15.3. The number of benzene rings is 7. The molecule has 5 nitrogen and oxygen atoms in total. The number of rotatable bonds is 5. The second-order valence-corrected chi connectivity index (χ2v) is 12.7. The van der Waals surface area contributed by atoms with E-state index >= 15 is 0 Å². The van der Waals surface area contributed by atoms with Gasteiger partial charge in [-0.05, 0) is 41.5 Å². The third-order valence-corrected chi connectivity index (χ3v) is 9.77. The zero-order valence-corrected chi connectivity index (χ0v) is 27.1. The molecule has 0 radical (unpaired) electrons. The Labute approximate surface area is 289 Å². The van der Waals surface area contributed by atoms with Gasteiger partial charge in [0.05, 0.1) is 22.1 Å². The number of fused-ring (bicyclic) bond motifs is 7. The number of aromatic nitrogens is 2. The second-order valence-electron chi connectivity index (χ2n) is 12.7. The lowest BCUT2D eigenvalue weighted by Gasteiger charge is -2.26. The molecule has 0 fully saturated rings. The van der Waals surface area contributed by atoms with Crippen molar-refractivity contribution >= 4 is 55.3 Å². The van der Waals surface area contributed by atoms with Crippen molar-refractivity contribution in [2.75, 3.05) is 0 Å². The molecule has 0 saturated carbocycles. The first-order chi connectivity index (χ1) is 24.8. The third kappa shape index (κ3) is 4.48. The first kappa shape index (κ1) is 28.3. The normalized spacial score (nSPS) is 14.6. The van der Waals surface area contributed by atoms with Crippen molar-refractivity contribution in [1.29, 1.82) is 0 Å². The molecule has 0 saturated heterocycles. The van der Waals surface area contributed by atoms with E-state index in [1.54, 1.807) is 0 Å². The van der Waals surface area contributed by atoms with E-state index in [9.17, 15) is 0 Å². The third-order valence-electron chi connectivity index (χ3n) is 9.77. The molecular weight excluding hydrogens is 611 g/mol. The van der Waals surface area contributed by atoms with E-state index in [0.717, 1.165) is 50.3 Å². The topological polar surface area (TPSA) is 46.6 Å². The molecule has 0 bridgehead atoms. The van der Waals surface area contributed by atoms with Crippen LogP contribution in [0.15, 0.2) is 186 Å². The Morgan fingerprint density at radius 2 is 1.00 bits per heavy atom. The first-order valence-corrected chi connectivity index (χ1v) is 17.0. The maximum Gasteiger partial charge on any atom is 0.204 e. The van der Waals surface area contributed by atoms with E-state index in [-0.39, 0.29) is 0 Å². The Morgan fingerprint density at radius 1 is 0.440 bits per heavy atom. The van der Waals surface area contributed by atoms with Crippen LogP contribution in [0.4, 0.5) is 0 Å². The monoisotopic (exact) mass is 641 g/mol. The highest BCUT2D eigenvalue weighted by Crippen LogP contribution is 2.42. The fraction of sp³-hybridized carbons (Fsp3) is 0.0222. The maximum atomic E-state index is 5.44. The molecule has 50 heavy (non-hydrogen) atoms. The standard InChI is InChI=1S/C45H31N5/c1-4-15-30(16-5-1)32-19-14-20-33(29-32)44-46-43(31-17-6-2-7-18-31)47-45(48-44)50-40-26-13-11-24-36(40)38-28-27-37-35-23-10-12-25-39(35)49(41(37)42(38)50)34-21-8-3-9-22-34/h1-29,45H,(H,46,47,48). The highest BCUT2D eigenvalue weighted by molar-refractivity contribution is 6.23. The quantitative estimate of drug-likeness (QED) is 0.200. The molecule has 10 rings (SSSR count). The van der Waals surface area contributed by atoms with Crippen LogP contribution in [0.2, 0.25) is 0 Å². The van der Waals surface area contributed by atoms with Gasteiger partial charge in [0.25, 0.3) is 0 Å². The van der Waals surface area contributed by atoms with E-state index in [4.69, 9.17) is 9.98 Å². The number of para-hydroxylation sites is 3. The van der Waals surface area contributed by atoms with Crippen molar-refractivity contribution in [3.05, 3.63) is 187 Å². The second kappa shape index (κ2) is 11.5. The molecule has 0 aliphatic carbocycles. The lowest BCUT2D eigenvalue weighted by molar-refractivity contribution is 0.516. The Hall–Kier alpha value is -6.72. The van der Waals surface area contributed by atoms with E-state index in [2.05, 4.69) is 178 Å². The molecule has 0 spiro atoms. The maximum absolute atomic E-state index is 5.44. The molecule has 7 aromatic carbocycles. The molecule has 1 unspecified atom stereocenters. The molecule has 1 aliphatic heterocycles. The van der Waals surface area contributed by atoms with E-state index in [1.165, 1.54) is 27.1 Å². The Kier molecular flexibility index (Phi) is 6.49. The molecule has 0 amide bonds. The summed E-state index contributed by atoms with van der Waals surface area (Å²) in [7, 11) is 0. The van der Waals surface area contributed by atoms with Crippen LogP contribution in [0.25, 0.3) is 60.4 Å². The van der Waals surface area contributed by atoms with Crippen molar-refractivity contribution < 1.29 is 0 Å². The molecule has 1 aliphatic rings. The van der Waals surface area contributed by atoms with Gasteiger partial charge in [-0.1, -0.05) is 146 Å². The smallest absolute Gasteiger partial charge is 0.204 e. The summed E-state index contributed by atoms with van der Waals surface area (Å²) >= 11 is 0. The number of hydrogen-bond acceptors (Lipinski definition) is 3. The average Bonchev–Trinajstić information content (AvgIpc) is 3.72.